The van der Waals surface area contributed by atoms with Crippen LogP contribution in [-0.4, -0.2) is 40.3 Å². The molecule has 2 aromatic rings. The number of carbonyl (C=O) groups excluding carboxylic acids is 1. The fourth-order valence-electron chi connectivity index (χ4n) is 2.54. The fourth-order valence-corrected chi connectivity index (χ4v) is 2.54. The molecule has 1 aromatic carbocycles. The topological polar surface area (TPSA) is 80.5 Å². The summed E-state index contributed by atoms with van der Waals surface area (Å²) in [5.74, 6) is -0.501. The van der Waals surface area contributed by atoms with Gasteiger partial charge in [-0.1, -0.05) is 0 Å². The van der Waals surface area contributed by atoms with E-state index in [1.54, 1.807) is 6.20 Å². The van der Waals surface area contributed by atoms with Crippen LogP contribution in [0.4, 0.5) is 23.4 Å². The highest BCUT2D eigenvalue weighted by molar-refractivity contribution is 5.91. The predicted octanol–water partition coefficient (Wildman–Crippen LogP) is 3.30. The molecule has 1 aliphatic rings. The van der Waals surface area contributed by atoms with E-state index < -0.39 is 17.6 Å². The van der Waals surface area contributed by atoms with Gasteiger partial charge in [-0.3, -0.25) is 4.79 Å². The molecule has 1 amide bonds. The first kappa shape index (κ1) is 20.4. The smallest absolute Gasteiger partial charge is 0.427 e. The number of anilines is 1. The summed E-state index contributed by atoms with van der Waals surface area (Å²) in [6.45, 7) is 2.00. The Bertz CT molecular complexity index is 979. The normalized spacial score (nSPS) is 14.2. The van der Waals surface area contributed by atoms with Crippen LogP contribution < -0.4 is 15.4 Å². The van der Waals surface area contributed by atoms with Gasteiger partial charge < -0.3 is 15.4 Å². The van der Waals surface area contributed by atoms with Crippen molar-refractivity contribution in [2.75, 3.05) is 11.9 Å². The largest absolute Gasteiger partial charge is 0.478 e. The van der Waals surface area contributed by atoms with Crippen LogP contribution in [0.3, 0.4) is 0 Å². The summed E-state index contributed by atoms with van der Waals surface area (Å²) in [7, 11) is 0. The van der Waals surface area contributed by atoms with Crippen LogP contribution in [0.5, 0.6) is 5.75 Å². The van der Waals surface area contributed by atoms with Gasteiger partial charge in [0.1, 0.15) is 17.4 Å². The van der Waals surface area contributed by atoms with Crippen molar-refractivity contribution in [3.8, 4) is 17.0 Å². The number of carbonyl (C=O) groups is 1. The summed E-state index contributed by atoms with van der Waals surface area (Å²) in [4.78, 5) is 14.9. The number of nitrogens with zero attached hydrogens (tertiary/aromatic N) is 3. The lowest BCUT2D eigenvalue weighted by Gasteiger charge is -2.29. The van der Waals surface area contributed by atoms with Crippen LogP contribution >= 0.6 is 0 Å². The predicted molar refractivity (Wildman–Crippen MR) is 98.0 cm³/mol. The Morgan fingerprint density at radius 2 is 2.00 bits per heavy atom. The third kappa shape index (κ3) is 4.39. The van der Waals surface area contributed by atoms with Crippen molar-refractivity contribution in [1.82, 2.24) is 15.1 Å². The highest BCUT2D eigenvalue weighted by atomic mass is 19.4. The van der Waals surface area contributed by atoms with Crippen LogP contribution in [-0.2, 0) is 4.79 Å². The Labute approximate surface area is 163 Å². The van der Waals surface area contributed by atoms with Gasteiger partial charge in [0.2, 0.25) is 6.41 Å². The Kier molecular flexibility index (Phi) is 5.31. The van der Waals surface area contributed by atoms with Crippen LogP contribution in [0.1, 0.15) is 13.8 Å². The van der Waals surface area contributed by atoms with Crippen LogP contribution in [0, 0.1) is 5.82 Å². The second kappa shape index (κ2) is 7.57. The lowest BCUT2D eigenvalue weighted by Crippen LogP contribution is -2.44. The summed E-state index contributed by atoms with van der Waals surface area (Å²) in [5.41, 5.74) is -2.02. The molecule has 0 unspecified atom stereocenters. The average Bonchev–Trinajstić information content (AvgIpc) is 3.05. The van der Waals surface area contributed by atoms with Crippen molar-refractivity contribution in [1.29, 1.82) is 0 Å². The maximum absolute atomic E-state index is 14.2. The zero-order chi connectivity index (χ0) is 21.2. The van der Waals surface area contributed by atoms with Gasteiger partial charge in [0, 0.05) is 30.1 Å². The van der Waals surface area contributed by atoms with E-state index in [0.29, 0.717) is 24.5 Å². The molecular weight excluding hydrogens is 394 g/mol. The maximum atomic E-state index is 14.2. The highest BCUT2D eigenvalue weighted by Gasteiger charge is 2.49. The van der Waals surface area contributed by atoms with Gasteiger partial charge in [-0.05, 0) is 26.0 Å². The summed E-state index contributed by atoms with van der Waals surface area (Å²) >= 11 is 0. The highest BCUT2D eigenvalue weighted by Crippen LogP contribution is 2.36. The molecule has 1 aromatic heterocycles. The third-order valence-electron chi connectivity index (χ3n) is 4.06. The van der Waals surface area contributed by atoms with Gasteiger partial charge in [-0.2, -0.15) is 13.2 Å². The molecule has 11 heteroatoms. The molecule has 2 N–H and O–H groups in total. The summed E-state index contributed by atoms with van der Waals surface area (Å²) in [5, 5.41) is 9.52. The number of hydrogen-bond acceptors (Lipinski definition) is 5. The van der Waals surface area contributed by atoms with E-state index in [9.17, 15) is 22.4 Å². The van der Waals surface area contributed by atoms with E-state index in [0.717, 1.165) is 26.0 Å². The van der Waals surface area contributed by atoms with E-state index in [2.05, 4.69) is 20.7 Å². The zero-order valence-corrected chi connectivity index (χ0v) is 15.4. The molecule has 0 fully saturated rings. The molecule has 29 heavy (non-hydrogen) atoms. The number of hydrogen-bond donors (Lipinski definition) is 2. The van der Waals surface area contributed by atoms with Crippen LogP contribution in [0.15, 0.2) is 41.7 Å². The molecule has 0 aliphatic carbocycles. The van der Waals surface area contributed by atoms with Crippen molar-refractivity contribution < 1.29 is 27.1 Å². The van der Waals surface area contributed by atoms with Gasteiger partial charge in [0.15, 0.2) is 11.4 Å². The lowest BCUT2D eigenvalue weighted by atomic mass is 10.1. The standard InChI is InChI=1S/C18H17F4N5O2/c1-17(2,18(20,21)22)29-13-6-11(5-12(19)7-13)14-8-15(25-10-28)26-27(14)16-9-23-3-4-24-16/h3-8,10,23H,9H2,1-2H3,(H,25,26,28). The van der Waals surface area contributed by atoms with Crippen molar-refractivity contribution in [2.24, 2.45) is 4.99 Å². The van der Waals surface area contributed by atoms with E-state index in [-0.39, 0.29) is 17.1 Å². The van der Waals surface area contributed by atoms with E-state index in [1.165, 1.54) is 23.0 Å². The fraction of sp³-hybridized carbons (Fsp3) is 0.278. The molecule has 0 radical (unpaired) electrons. The monoisotopic (exact) mass is 411 g/mol. The molecule has 0 spiro atoms. The SMILES string of the molecule is CC(C)(Oc1cc(F)cc(-c2cc(NC=O)nn2C2=NC=CNC2)c1)C(F)(F)F. The minimum atomic E-state index is -4.66. The zero-order valence-electron chi connectivity index (χ0n) is 15.4. The molecule has 1 aliphatic heterocycles. The number of alkyl halides is 3. The molecular formula is C18H17F4N5O2. The summed E-state index contributed by atoms with van der Waals surface area (Å²) in [6.07, 6.45) is -1.13. The minimum Gasteiger partial charge on any atom is -0.478 e. The van der Waals surface area contributed by atoms with E-state index in [1.807, 2.05) is 0 Å². The summed E-state index contributed by atoms with van der Waals surface area (Å²) in [6, 6.07) is 4.70. The molecule has 3 rings (SSSR count). The van der Waals surface area contributed by atoms with Crippen LogP contribution in [0.2, 0.25) is 0 Å². The molecule has 0 saturated carbocycles. The number of aromatic nitrogens is 2. The van der Waals surface area contributed by atoms with Crippen molar-refractivity contribution in [3.05, 3.63) is 42.5 Å². The Morgan fingerprint density at radius 3 is 2.62 bits per heavy atom. The lowest BCUT2D eigenvalue weighted by molar-refractivity contribution is -0.234. The van der Waals surface area contributed by atoms with Gasteiger partial charge in [-0.25, -0.2) is 14.1 Å². The van der Waals surface area contributed by atoms with Gasteiger partial charge >= 0.3 is 6.18 Å². The Morgan fingerprint density at radius 1 is 1.24 bits per heavy atom. The number of halogens is 4. The number of benzene rings is 1. The molecule has 154 valence electrons. The molecule has 0 saturated heterocycles. The first-order chi connectivity index (χ1) is 13.6. The number of rotatable bonds is 5. The number of aliphatic imine (C=N–C) groups is 1. The average molecular weight is 411 g/mol. The molecule has 7 nitrogen and oxygen atoms in total. The first-order valence-corrected chi connectivity index (χ1v) is 8.43. The van der Waals surface area contributed by atoms with Crippen molar-refractivity contribution in [2.45, 2.75) is 25.6 Å². The number of amides is 1. The second-order valence-electron chi connectivity index (χ2n) is 6.62. The van der Waals surface area contributed by atoms with Crippen LogP contribution in [0.25, 0.3) is 11.3 Å². The molecule has 0 atom stereocenters. The van der Waals surface area contributed by atoms with Crippen molar-refractivity contribution >= 4 is 18.1 Å². The Hall–Kier alpha value is -3.37. The third-order valence-corrected chi connectivity index (χ3v) is 4.06. The van der Waals surface area contributed by atoms with Gasteiger partial charge in [0.05, 0.1) is 12.2 Å². The first-order valence-electron chi connectivity index (χ1n) is 8.43. The second-order valence-corrected chi connectivity index (χ2v) is 6.62. The molecule has 0 bridgehead atoms. The number of nitrogens with one attached hydrogen (secondary N) is 2. The maximum Gasteiger partial charge on any atom is 0.427 e. The molecule has 2 heterocycles. The van der Waals surface area contributed by atoms with Crippen molar-refractivity contribution in [3.63, 3.8) is 0 Å². The Balaban J connectivity index is 2.06. The quantitative estimate of drug-likeness (QED) is 0.585. The number of ether oxygens (including phenoxy) is 1. The summed E-state index contributed by atoms with van der Waals surface area (Å²) < 4.78 is 60.0. The minimum absolute atomic E-state index is 0.162. The van der Waals surface area contributed by atoms with Gasteiger partial charge in [-0.15, -0.1) is 5.10 Å². The van der Waals surface area contributed by atoms with E-state index >= 15 is 0 Å². The van der Waals surface area contributed by atoms with E-state index in [4.69, 9.17) is 4.74 Å². The van der Waals surface area contributed by atoms with Gasteiger partial charge in [0.25, 0.3) is 0 Å².